The lowest BCUT2D eigenvalue weighted by molar-refractivity contribution is -0.131. The third-order valence-corrected chi connectivity index (χ3v) is 6.20. The number of nitrogens with zero attached hydrogens (tertiary/aromatic N) is 2. The Balaban J connectivity index is 1.40. The summed E-state index contributed by atoms with van der Waals surface area (Å²) in [6, 6.07) is 10.1. The van der Waals surface area contributed by atoms with E-state index in [-0.39, 0.29) is 5.91 Å². The number of thioether (sulfide) groups is 1. The van der Waals surface area contributed by atoms with Crippen LogP contribution in [-0.4, -0.2) is 53.5 Å². The summed E-state index contributed by atoms with van der Waals surface area (Å²) in [6.45, 7) is 3.56. The highest BCUT2D eigenvalue weighted by Gasteiger charge is 2.25. The Morgan fingerprint density at radius 1 is 0.960 bits per heavy atom. The maximum Gasteiger partial charge on any atom is 0.232 e. The summed E-state index contributed by atoms with van der Waals surface area (Å²) in [5, 5.41) is 0. The lowest BCUT2D eigenvalue weighted by Crippen LogP contribution is -2.41. The molecular weight excluding hydrogens is 332 g/mol. The first-order chi connectivity index (χ1) is 12.2. The van der Waals surface area contributed by atoms with Gasteiger partial charge in [-0.2, -0.15) is 0 Å². The van der Waals surface area contributed by atoms with Gasteiger partial charge in [-0.1, -0.05) is 18.2 Å². The van der Waals surface area contributed by atoms with E-state index in [9.17, 15) is 9.59 Å². The molecule has 3 rings (SSSR count). The molecular formula is C20H28N2O2S. The number of hydrogen-bond donors (Lipinski definition) is 0. The number of carbonyl (C=O) groups excluding carboxylic acids is 2. The standard InChI is InChI=1S/C20H28N2O2S/c23-19(21-12-4-5-13-21)11-10-17-7-6-14-22(15-17)20(24)16-25-18-8-2-1-3-9-18/h1-3,8-9,17H,4-7,10-16H2. The van der Waals surface area contributed by atoms with Crippen molar-refractivity contribution in [2.24, 2.45) is 5.92 Å². The summed E-state index contributed by atoms with van der Waals surface area (Å²) in [5.74, 6) is 1.51. The van der Waals surface area contributed by atoms with E-state index in [1.54, 1.807) is 11.8 Å². The minimum Gasteiger partial charge on any atom is -0.343 e. The second-order valence-electron chi connectivity index (χ2n) is 7.08. The summed E-state index contributed by atoms with van der Waals surface area (Å²) >= 11 is 1.61. The Kier molecular flexibility index (Phi) is 6.79. The van der Waals surface area contributed by atoms with E-state index in [4.69, 9.17) is 0 Å². The van der Waals surface area contributed by atoms with Gasteiger partial charge in [0, 0.05) is 37.5 Å². The Morgan fingerprint density at radius 3 is 2.44 bits per heavy atom. The first kappa shape index (κ1) is 18.3. The molecule has 4 nitrogen and oxygen atoms in total. The highest BCUT2D eigenvalue weighted by atomic mass is 32.2. The number of hydrogen-bond acceptors (Lipinski definition) is 3. The molecule has 2 aliphatic rings. The molecule has 25 heavy (non-hydrogen) atoms. The van der Waals surface area contributed by atoms with Gasteiger partial charge in [0.1, 0.15) is 0 Å². The van der Waals surface area contributed by atoms with Crippen LogP contribution < -0.4 is 0 Å². The van der Waals surface area contributed by atoms with Gasteiger partial charge in [0.2, 0.25) is 11.8 Å². The first-order valence-corrected chi connectivity index (χ1v) is 10.4. The van der Waals surface area contributed by atoms with E-state index >= 15 is 0 Å². The van der Waals surface area contributed by atoms with E-state index in [1.807, 2.05) is 40.1 Å². The Morgan fingerprint density at radius 2 is 1.68 bits per heavy atom. The van der Waals surface area contributed by atoms with Crippen LogP contribution in [0.25, 0.3) is 0 Å². The molecule has 5 heteroatoms. The maximum atomic E-state index is 12.5. The summed E-state index contributed by atoms with van der Waals surface area (Å²) < 4.78 is 0. The molecule has 0 N–H and O–H groups in total. The number of piperidine rings is 1. The van der Waals surface area contributed by atoms with Crippen molar-refractivity contribution >= 4 is 23.6 Å². The number of amides is 2. The van der Waals surface area contributed by atoms with E-state index < -0.39 is 0 Å². The molecule has 1 aromatic carbocycles. The van der Waals surface area contributed by atoms with Crippen LogP contribution in [0.4, 0.5) is 0 Å². The normalized spacial score (nSPS) is 20.7. The average molecular weight is 361 g/mol. The van der Waals surface area contributed by atoms with Crippen molar-refractivity contribution < 1.29 is 9.59 Å². The monoisotopic (exact) mass is 360 g/mol. The predicted octanol–water partition coefficient (Wildman–Crippen LogP) is 3.42. The zero-order chi connectivity index (χ0) is 17.5. The van der Waals surface area contributed by atoms with Gasteiger partial charge in [0.15, 0.2) is 0 Å². The average Bonchev–Trinajstić information content (AvgIpc) is 3.20. The molecule has 2 saturated heterocycles. The molecule has 2 amide bonds. The minimum atomic E-state index is 0.226. The maximum absolute atomic E-state index is 12.5. The van der Waals surface area contributed by atoms with Gasteiger partial charge < -0.3 is 9.80 Å². The highest BCUT2D eigenvalue weighted by molar-refractivity contribution is 8.00. The topological polar surface area (TPSA) is 40.6 Å². The molecule has 0 aliphatic carbocycles. The molecule has 0 spiro atoms. The number of benzene rings is 1. The third kappa shape index (κ3) is 5.50. The number of likely N-dealkylation sites (tertiary alicyclic amines) is 2. The van der Waals surface area contributed by atoms with E-state index in [2.05, 4.69) is 0 Å². The molecule has 1 atom stereocenters. The quantitative estimate of drug-likeness (QED) is 0.730. The van der Waals surface area contributed by atoms with E-state index in [1.165, 1.54) is 0 Å². The van der Waals surface area contributed by atoms with Crippen LogP contribution in [0.5, 0.6) is 0 Å². The lowest BCUT2D eigenvalue weighted by Gasteiger charge is -2.33. The van der Waals surface area contributed by atoms with Crippen molar-refractivity contribution in [2.75, 3.05) is 31.9 Å². The van der Waals surface area contributed by atoms with Crippen LogP contribution in [0.1, 0.15) is 38.5 Å². The Hall–Kier alpha value is -1.49. The second-order valence-corrected chi connectivity index (χ2v) is 8.13. The zero-order valence-corrected chi connectivity index (χ0v) is 15.7. The minimum absolute atomic E-state index is 0.226. The Bertz CT molecular complexity index is 572. The van der Waals surface area contributed by atoms with Crippen LogP contribution in [0, 0.1) is 5.92 Å². The molecule has 136 valence electrons. The number of rotatable bonds is 6. The fraction of sp³-hybridized carbons (Fsp3) is 0.600. The van der Waals surface area contributed by atoms with Gasteiger partial charge in [-0.05, 0) is 50.2 Å². The summed E-state index contributed by atoms with van der Waals surface area (Å²) in [5.41, 5.74) is 0. The summed E-state index contributed by atoms with van der Waals surface area (Å²) in [4.78, 5) is 29.8. The van der Waals surface area contributed by atoms with Crippen molar-refractivity contribution in [1.29, 1.82) is 0 Å². The van der Waals surface area contributed by atoms with Gasteiger partial charge in [0.25, 0.3) is 0 Å². The van der Waals surface area contributed by atoms with Crippen molar-refractivity contribution in [3.05, 3.63) is 30.3 Å². The zero-order valence-electron chi connectivity index (χ0n) is 14.9. The van der Waals surface area contributed by atoms with Crippen LogP contribution in [-0.2, 0) is 9.59 Å². The molecule has 0 bridgehead atoms. The van der Waals surface area contributed by atoms with Gasteiger partial charge in [0.05, 0.1) is 5.75 Å². The van der Waals surface area contributed by atoms with Gasteiger partial charge in [-0.3, -0.25) is 9.59 Å². The second kappa shape index (κ2) is 9.27. The van der Waals surface area contributed by atoms with Gasteiger partial charge in [-0.15, -0.1) is 11.8 Å². The van der Waals surface area contributed by atoms with E-state index in [0.717, 1.165) is 63.2 Å². The van der Waals surface area contributed by atoms with E-state index in [0.29, 0.717) is 24.0 Å². The van der Waals surface area contributed by atoms with Crippen molar-refractivity contribution in [3.63, 3.8) is 0 Å². The third-order valence-electron chi connectivity index (χ3n) is 5.20. The lowest BCUT2D eigenvalue weighted by atomic mass is 9.93. The first-order valence-electron chi connectivity index (χ1n) is 9.46. The van der Waals surface area contributed by atoms with Gasteiger partial charge >= 0.3 is 0 Å². The molecule has 2 fully saturated rings. The largest absolute Gasteiger partial charge is 0.343 e. The summed E-state index contributed by atoms with van der Waals surface area (Å²) in [6.07, 6.45) is 6.07. The summed E-state index contributed by atoms with van der Waals surface area (Å²) in [7, 11) is 0. The van der Waals surface area contributed by atoms with Crippen LogP contribution in [0.15, 0.2) is 35.2 Å². The molecule has 0 saturated carbocycles. The predicted molar refractivity (Wildman–Crippen MR) is 102 cm³/mol. The highest BCUT2D eigenvalue weighted by Crippen LogP contribution is 2.24. The SMILES string of the molecule is O=C(CCC1CCCN(C(=O)CSc2ccccc2)C1)N1CCCC1. The van der Waals surface area contributed by atoms with Crippen LogP contribution in [0.3, 0.4) is 0 Å². The molecule has 0 radical (unpaired) electrons. The van der Waals surface area contributed by atoms with Crippen molar-refractivity contribution in [1.82, 2.24) is 9.80 Å². The molecule has 2 heterocycles. The van der Waals surface area contributed by atoms with Gasteiger partial charge in [-0.25, -0.2) is 0 Å². The Labute approximate surface area is 154 Å². The molecule has 1 unspecified atom stereocenters. The smallest absolute Gasteiger partial charge is 0.232 e. The number of carbonyl (C=O) groups is 2. The fourth-order valence-electron chi connectivity index (χ4n) is 3.73. The van der Waals surface area contributed by atoms with Crippen molar-refractivity contribution in [3.8, 4) is 0 Å². The fourth-order valence-corrected chi connectivity index (χ4v) is 4.55. The van der Waals surface area contributed by atoms with Crippen molar-refractivity contribution in [2.45, 2.75) is 43.4 Å². The molecule has 1 aromatic rings. The molecule has 2 aliphatic heterocycles. The van der Waals surface area contributed by atoms with Crippen LogP contribution >= 0.6 is 11.8 Å². The van der Waals surface area contributed by atoms with Crippen LogP contribution in [0.2, 0.25) is 0 Å². The molecule has 0 aromatic heterocycles.